The fourth-order valence-electron chi connectivity index (χ4n) is 2.53. The number of carbonyl (C=O) groups excluding carboxylic acids is 1. The van der Waals surface area contributed by atoms with Crippen molar-refractivity contribution in [1.29, 1.82) is 0 Å². The predicted molar refractivity (Wildman–Crippen MR) is 105 cm³/mol. The van der Waals surface area contributed by atoms with Crippen molar-refractivity contribution in [1.82, 2.24) is 9.97 Å². The highest BCUT2D eigenvalue weighted by Crippen LogP contribution is 2.20. The molecule has 0 spiro atoms. The summed E-state index contributed by atoms with van der Waals surface area (Å²) in [4.78, 5) is 21.0. The van der Waals surface area contributed by atoms with Gasteiger partial charge in [0.05, 0.1) is 6.04 Å². The number of nitrogens with one attached hydrogen (secondary N) is 2. The molecule has 0 saturated heterocycles. The Morgan fingerprint density at radius 1 is 1.12 bits per heavy atom. The highest BCUT2D eigenvalue weighted by molar-refractivity contribution is 6.30. The molecule has 3 rings (SSSR count). The zero-order valence-corrected chi connectivity index (χ0v) is 15.3. The minimum absolute atomic E-state index is 0.0213. The second-order valence-electron chi connectivity index (χ2n) is 5.96. The second-order valence-corrected chi connectivity index (χ2v) is 6.39. The lowest BCUT2D eigenvalue weighted by Crippen LogP contribution is -2.16. The third-order valence-electron chi connectivity index (χ3n) is 3.97. The molecule has 2 aromatic carbocycles. The number of anilines is 2. The van der Waals surface area contributed by atoms with Gasteiger partial charge in [-0.15, -0.1) is 0 Å². The summed E-state index contributed by atoms with van der Waals surface area (Å²) in [5, 5.41) is 6.70. The molecule has 6 heteroatoms. The van der Waals surface area contributed by atoms with Crippen LogP contribution in [0.1, 0.15) is 34.6 Å². The van der Waals surface area contributed by atoms with Crippen molar-refractivity contribution < 1.29 is 4.79 Å². The maximum absolute atomic E-state index is 12.5. The number of halogens is 1. The Labute approximate surface area is 157 Å². The standard InChI is InChI=1S/C20H19ClN4O/c1-13-12-16(21)8-9-17(13)24-19(26)18-10-11-22-20(25-18)23-14(2)15-6-4-3-5-7-15/h3-12,14H,1-2H3,(H,24,26)(H,22,23,25). The minimum atomic E-state index is -0.298. The number of amides is 1. The van der Waals surface area contributed by atoms with Crippen LogP contribution in [-0.2, 0) is 0 Å². The van der Waals surface area contributed by atoms with Crippen LogP contribution in [-0.4, -0.2) is 15.9 Å². The van der Waals surface area contributed by atoms with Crippen LogP contribution in [0.5, 0.6) is 0 Å². The molecule has 2 N–H and O–H groups in total. The Balaban J connectivity index is 1.73. The molecule has 0 fully saturated rings. The van der Waals surface area contributed by atoms with Crippen LogP contribution >= 0.6 is 11.6 Å². The van der Waals surface area contributed by atoms with Crippen LogP contribution in [0.3, 0.4) is 0 Å². The first kappa shape index (κ1) is 17.9. The summed E-state index contributed by atoms with van der Waals surface area (Å²) in [5.74, 6) is 0.107. The lowest BCUT2D eigenvalue weighted by Gasteiger charge is -2.14. The molecule has 0 bridgehead atoms. The number of aryl methyl sites for hydroxylation is 1. The van der Waals surface area contributed by atoms with Gasteiger partial charge in [0.1, 0.15) is 5.69 Å². The Bertz CT molecular complexity index is 915. The highest BCUT2D eigenvalue weighted by atomic mass is 35.5. The molecule has 0 aliphatic rings. The van der Waals surface area contributed by atoms with Crippen molar-refractivity contribution in [2.75, 3.05) is 10.6 Å². The molecular weight excluding hydrogens is 348 g/mol. The molecule has 0 radical (unpaired) electrons. The van der Waals surface area contributed by atoms with Crippen LogP contribution in [0.15, 0.2) is 60.8 Å². The third-order valence-corrected chi connectivity index (χ3v) is 4.21. The van der Waals surface area contributed by atoms with Crippen molar-refractivity contribution in [2.45, 2.75) is 19.9 Å². The lowest BCUT2D eigenvalue weighted by molar-refractivity contribution is 0.102. The monoisotopic (exact) mass is 366 g/mol. The number of benzene rings is 2. The molecule has 1 aromatic heterocycles. The minimum Gasteiger partial charge on any atom is -0.348 e. The van der Waals surface area contributed by atoms with Gasteiger partial charge >= 0.3 is 0 Å². The Morgan fingerprint density at radius 3 is 2.62 bits per heavy atom. The number of hydrogen-bond acceptors (Lipinski definition) is 4. The summed E-state index contributed by atoms with van der Waals surface area (Å²) >= 11 is 5.95. The van der Waals surface area contributed by atoms with Gasteiger partial charge in [-0.25, -0.2) is 9.97 Å². The van der Waals surface area contributed by atoms with Crippen molar-refractivity contribution in [2.24, 2.45) is 0 Å². The normalized spacial score (nSPS) is 11.7. The second kappa shape index (κ2) is 7.97. The van der Waals surface area contributed by atoms with Crippen molar-refractivity contribution in [3.63, 3.8) is 0 Å². The molecule has 1 atom stereocenters. The molecule has 1 heterocycles. The van der Waals surface area contributed by atoms with Gasteiger partial charge in [0.2, 0.25) is 5.95 Å². The van der Waals surface area contributed by atoms with Crippen LogP contribution in [0.2, 0.25) is 5.02 Å². The molecule has 1 unspecified atom stereocenters. The predicted octanol–water partition coefficient (Wildman–Crippen LogP) is 4.86. The first-order valence-electron chi connectivity index (χ1n) is 8.25. The summed E-state index contributed by atoms with van der Waals surface area (Å²) in [6, 6.07) is 16.9. The third kappa shape index (κ3) is 4.37. The van der Waals surface area contributed by atoms with E-state index in [4.69, 9.17) is 11.6 Å². The van der Waals surface area contributed by atoms with E-state index in [2.05, 4.69) is 20.6 Å². The summed E-state index contributed by atoms with van der Waals surface area (Å²) < 4.78 is 0. The zero-order chi connectivity index (χ0) is 18.5. The van der Waals surface area contributed by atoms with E-state index in [1.807, 2.05) is 44.2 Å². The van der Waals surface area contributed by atoms with Gasteiger partial charge in [-0.1, -0.05) is 41.9 Å². The average Bonchev–Trinajstić information content (AvgIpc) is 2.65. The van der Waals surface area contributed by atoms with Crippen LogP contribution in [0.25, 0.3) is 0 Å². The molecule has 26 heavy (non-hydrogen) atoms. The summed E-state index contributed by atoms with van der Waals surface area (Å²) in [6.45, 7) is 3.90. The van der Waals surface area contributed by atoms with Crippen molar-refractivity contribution in [3.8, 4) is 0 Å². The quantitative estimate of drug-likeness (QED) is 0.676. The number of hydrogen-bond donors (Lipinski definition) is 2. The highest BCUT2D eigenvalue weighted by Gasteiger charge is 2.12. The maximum atomic E-state index is 12.5. The van der Waals surface area contributed by atoms with Gasteiger partial charge in [0.15, 0.2) is 0 Å². The largest absolute Gasteiger partial charge is 0.348 e. The Hall–Kier alpha value is -2.92. The van der Waals surface area contributed by atoms with Gasteiger partial charge in [0, 0.05) is 16.9 Å². The van der Waals surface area contributed by atoms with E-state index in [0.717, 1.165) is 11.1 Å². The number of nitrogens with zero attached hydrogens (tertiary/aromatic N) is 2. The van der Waals surface area contributed by atoms with E-state index >= 15 is 0 Å². The van der Waals surface area contributed by atoms with Crippen LogP contribution in [0.4, 0.5) is 11.6 Å². The van der Waals surface area contributed by atoms with Gasteiger partial charge in [-0.3, -0.25) is 4.79 Å². The molecule has 5 nitrogen and oxygen atoms in total. The van der Waals surface area contributed by atoms with E-state index in [1.165, 1.54) is 0 Å². The molecule has 3 aromatic rings. The fourth-order valence-corrected chi connectivity index (χ4v) is 2.75. The fraction of sp³-hybridized carbons (Fsp3) is 0.150. The zero-order valence-electron chi connectivity index (χ0n) is 14.5. The Morgan fingerprint density at radius 2 is 1.88 bits per heavy atom. The molecule has 0 aliphatic carbocycles. The number of rotatable bonds is 5. The van der Waals surface area contributed by atoms with E-state index < -0.39 is 0 Å². The SMILES string of the molecule is Cc1cc(Cl)ccc1NC(=O)c1ccnc(NC(C)c2ccccc2)n1. The van der Waals surface area contributed by atoms with E-state index in [0.29, 0.717) is 16.7 Å². The summed E-state index contributed by atoms with van der Waals surface area (Å²) in [6.07, 6.45) is 1.57. The Kier molecular flexibility index (Phi) is 5.49. The number of aromatic nitrogens is 2. The van der Waals surface area contributed by atoms with Gasteiger partial charge in [-0.05, 0) is 49.2 Å². The van der Waals surface area contributed by atoms with Crippen LogP contribution < -0.4 is 10.6 Å². The van der Waals surface area contributed by atoms with Crippen molar-refractivity contribution in [3.05, 3.63) is 82.6 Å². The maximum Gasteiger partial charge on any atom is 0.274 e. The summed E-state index contributed by atoms with van der Waals surface area (Å²) in [5.41, 5.74) is 2.99. The van der Waals surface area contributed by atoms with E-state index in [1.54, 1.807) is 30.5 Å². The van der Waals surface area contributed by atoms with Gasteiger partial charge in [0.25, 0.3) is 5.91 Å². The van der Waals surface area contributed by atoms with E-state index in [-0.39, 0.29) is 17.6 Å². The number of carbonyl (C=O) groups is 1. The molecular formula is C20H19ClN4O. The molecule has 132 valence electrons. The topological polar surface area (TPSA) is 66.9 Å². The van der Waals surface area contributed by atoms with Crippen molar-refractivity contribution >= 4 is 29.1 Å². The van der Waals surface area contributed by atoms with E-state index in [9.17, 15) is 4.79 Å². The van der Waals surface area contributed by atoms with Crippen LogP contribution in [0, 0.1) is 6.92 Å². The first-order chi connectivity index (χ1) is 12.5. The first-order valence-corrected chi connectivity index (χ1v) is 8.63. The molecule has 1 amide bonds. The molecule has 0 aliphatic heterocycles. The molecule has 0 saturated carbocycles. The summed E-state index contributed by atoms with van der Waals surface area (Å²) in [7, 11) is 0. The lowest BCUT2D eigenvalue weighted by atomic mass is 10.1. The average molecular weight is 367 g/mol. The van der Waals surface area contributed by atoms with Gasteiger partial charge < -0.3 is 10.6 Å². The smallest absolute Gasteiger partial charge is 0.274 e. The van der Waals surface area contributed by atoms with Gasteiger partial charge in [-0.2, -0.15) is 0 Å².